The van der Waals surface area contributed by atoms with Gasteiger partial charge in [-0.2, -0.15) is 0 Å². The molecule has 5 rings (SSSR count). The number of nitrogens with one attached hydrogen (secondary N) is 1. The third-order valence-electron chi connectivity index (χ3n) is 7.88. The van der Waals surface area contributed by atoms with E-state index in [1.165, 1.54) is 22.3 Å². The maximum Gasteiger partial charge on any atom is 0.233 e. The Morgan fingerprint density at radius 1 is 1.16 bits per heavy atom. The summed E-state index contributed by atoms with van der Waals surface area (Å²) in [4.78, 5) is 11.6. The van der Waals surface area contributed by atoms with Crippen molar-refractivity contribution in [2.24, 2.45) is 0 Å². The first-order valence-electron chi connectivity index (χ1n) is 13.3. The first-order valence-corrected chi connectivity index (χ1v) is 14.6. The van der Waals surface area contributed by atoms with E-state index in [1.54, 1.807) is 0 Å². The Balaban J connectivity index is 1.35. The average Bonchev–Trinajstić information content (AvgIpc) is 3.41. The van der Waals surface area contributed by atoms with Gasteiger partial charge < -0.3 is 14.6 Å². The zero-order valence-corrected chi connectivity index (χ0v) is 23.3. The second kappa shape index (κ2) is 10.4. The van der Waals surface area contributed by atoms with Crippen LogP contribution in [0.25, 0.3) is 0 Å². The van der Waals surface area contributed by atoms with Crippen molar-refractivity contribution in [1.29, 1.82) is 0 Å². The number of hydrogen-bond acceptors (Lipinski definition) is 5. The Morgan fingerprint density at radius 2 is 1.89 bits per heavy atom. The molecule has 4 unspecified atom stereocenters. The summed E-state index contributed by atoms with van der Waals surface area (Å²) >= 11 is 0. The molecule has 5 atom stereocenters. The summed E-state index contributed by atoms with van der Waals surface area (Å²) in [5.74, 6) is 0.659. The molecule has 2 N–H and O–H groups in total. The zero-order chi connectivity index (χ0) is 27.1. The summed E-state index contributed by atoms with van der Waals surface area (Å²) in [6, 6.07) is 14.1. The zero-order valence-electron chi connectivity index (χ0n) is 22.5. The lowest BCUT2D eigenvalue weighted by molar-refractivity contribution is -0.118. The second-order valence-corrected chi connectivity index (χ2v) is 12.8. The van der Waals surface area contributed by atoms with E-state index in [4.69, 9.17) is 9.47 Å². The number of hydrogen-bond donors (Lipinski definition) is 2. The van der Waals surface area contributed by atoms with Crippen molar-refractivity contribution in [3.05, 3.63) is 88.5 Å². The van der Waals surface area contributed by atoms with Crippen LogP contribution in [0.3, 0.4) is 0 Å². The highest BCUT2D eigenvalue weighted by atomic mass is 32.2. The fourth-order valence-corrected chi connectivity index (χ4v) is 7.07. The van der Waals surface area contributed by atoms with Gasteiger partial charge in [-0.3, -0.25) is 9.52 Å². The number of amides is 1. The van der Waals surface area contributed by atoms with Crippen molar-refractivity contribution in [1.82, 2.24) is 4.72 Å². The van der Waals surface area contributed by atoms with Crippen molar-refractivity contribution in [2.75, 3.05) is 6.61 Å². The van der Waals surface area contributed by atoms with E-state index >= 15 is 0 Å². The summed E-state index contributed by atoms with van der Waals surface area (Å²) < 4.78 is 27.5. The minimum atomic E-state index is -1.38. The number of benzene rings is 2. The molecule has 0 saturated carbocycles. The van der Waals surface area contributed by atoms with E-state index in [9.17, 15) is 14.1 Å². The van der Waals surface area contributed by atoms with Crippen LogP contribution in [-0.4, -0.2) is 33.0 Å². The molecule has 0 radical (unpaired) electrons. The minimum absolute atomic E-state index is 0.0505. The van der Waals surface area contributed by atoms with E-state index in [1.807, 2.05) is 38.1 Å². The van der Waals surface area contributed by atoms with Gasteiger partial charge in [-0.15, -0.1) is 0 Å². The molecule has 38 heavy (non-hydrogen) atoms. The van der Waals surface area contributed by atoms with Crippen LogP contribution in [-0.2, 0) is 26.9 Å². The number of rotatable bonds is 8. The fourth-order valence-electron chi connectivity index (χ4n) is 5.91. The predicted octanol–water partition coefficient (Wildman–Crippen LogP) is 5.51. The summed E-state index contributed by atoms with van der Waals surface area (Å²) in [6.45, 7) is 8.40. The number of ether oxygens (including phenoxy) is 2. The Hall–Kier alpha value is -2.74. The largest absolute Gasteiger partial charge is 0.486 e. The molecule has 2 aromatic rings. The van der Waals surface area contributed by atoms with E-state index in [-0.39, 0.29) is 29.6 Å². The smallest absolute Gasteiger partial charge is 0.233 e. The van der Waals surface area contributed by atoms with E-state index < -0.39 is 22.2 Å². The fraction of sp³-hybridized carbons (Fsp3) is 0.452. The maximum atomic E-state index is 12.1. The molecule has 202 valence electrons. The lowest BCUT2D eigenvalue weighted by Crippen LogP contribution is -2.38. The molecule has 2 aromatic carbocycles. The molecule has 1 fully saturated rings. The molecule has 1 saturated heterocycles. The normalized spacial score (nSPS) is 28.7. The first-order chi connectivity index (χ1) is 18.0. The summed E-state index contributed by atoms with van der Waals surface area (Å²) in [5.41, 5.74) is 4.65. The number of aliphatic hydroxyl groups is 1. The van der Waals surface area contributed by atoms with Gasteiger partial charge in [0.2, 0.25) is 5.91 Å². The van der Waals surface area contributed by atoms with Crippen LogP contribution in [0, 0.1) is 0 Å². The van der Waals surface area contributed by atoms with Crippen molar-refractivity contribution in [3.63, 3.8) is 0 Å². The Kier molecular flexibility index (Phi) is 7.37. The van der Waals surface area contributed by atoms with Gasteiger partial charge >= 0.3 is 0 Å². The van der Waals surface area contributed by atoms with Crippen LogP contribution in [0.1, 0.15) is 86.5 Å². The standard InChI is InChI=1S/C31H37NO5S/c1-20-7-6-16-31(4,36-18-17-30(2,3)34)29(20)25-9-5-8-24-23(25)14-15-26(24)37-22-12-10-21(11-13-22)27-19-28(33)32-38(27)35/h5-13,16,26-27,29,34H,14-15,17-19H2,1-4H3,(H,32,33)/t26-,27?,29?,31?,38?/m1/s1. The topological polar surface area (TPSA) is 84.9 Å². The van der Waals surface area contributed by atoms with Gasteiger partial charge in [-0.1, -0.05) is 54.1 Å². The number of allylic oxidation sites excluding steroid dienone is 2. The van der Waals surface area contributed by atoms with Crippen LogP contribution in [0.4, 0.5) is 0 Å². The van der Waals surface area contributed by atoms with Crippen molar-refractivity contribution < 1.29 is 23.6 Å². The quantitative estimate of drug-likeness (QED) is 0.465. The van der Waals surface area contributed by atoms with Crippen molar-refractivity contribution >= 4 is 16.9 Å². The molecule has 1 aliphatic heterocycles. The van der Waals surface area contributed by atoms with Gasteiger partial charge in [0.15, 0.2) is 0 Å². The molecule has 1 amide bonds. The van der Waals surface area contributed by atoms with Gasteiger partial charge in [0, 0.05) is 12.3 Å². The van der Waals surface area contributed by atoms with Crippen molar-refractivity contribution in [3.8, 4) is 5.75 Å². The van der Waals surface area contributed by atoms with Gasteiger partial charge in [0.05, 0.1) is 23.1 Å². The molecule has 7 heteroatoms. The monoisotopic (exact) mass is 535 g/mol. The molecular weight excluding hydrogens is 498 g/mol. The molecule has 6 nitrogen and oxygen atoms in total. The lowest BCUT2D eigenvalue weighted by atomic mass is 9.73. The Labute approximate surface area is 227 Å². The molecule has 2 aliphatic carbocycles. The number of carbonyl (C=O) groups excluding carboxylic acids is 1. The summed E-state index contributed by atoms with van der Waals surface area (Å²) in [6.07, 6.45) is 8.95. The summed E-state index contributed by atoms with van der Waals surface area (Å²) in [7, 11) is -1.38. The molecule has 3 aliphatic rings. The highest BCUT2D eigenvalue weighted by Crippen LogP contribution is 2.46. The van der Waals surface area contributed by atoms with Gasteiger partial charge in [0.25, 0.3) is 0 Å². The molecular formula is C31H37NO5S. The van der Waals surface area contributed by atoms with Gasteiger partial charge in [-0.05, 0) is 81.3 Å². The third kappa shape index (κ3) is 5.51. The van der Waals surface area contributed by atoms with E-state index in [2.05, 4.69) is 55.0 Å². The predicted molar refractivity (Wildman–Crippen MR) is 149 cm³/mol. The molecule has 0 aromatic heterocycles. The van der Waals surface area contributed by atoms with E-state index in [0.29, 0.717) is 13.0 Å². The molecule has 1 heterocycles. The third-order valence-corrected chi connectivity index (χ3v) is 9.26. The maximum absolute atomic E-state index is 12.1. The van der Waals surface area contributed by atoms with Crippen LogP contribution in [0.2, 0.25) is 0 Å². The van der Waals surface area contributed by atoms with Crippen LogP contribution in [0.5, 0.6) is 5.75 Å². The molecule has 0 bridgehead atoms. The SMILES string of the molecule is CC1=CC=CC(C)(OCCC(C)(C)O)C1c1cccc2c1CC[C@H]2Oc1ccc(C2CC(=O)NS2=O)cc1. The molecule has 0 spiro atoms. The van der Waals surface area contributed by atoms with Crippen molar-refractivity contribution in [2.45, 2.75) is 81.9 Å². The van der Waals surface area contributed by atoms with Crippen LogP contribution in [0.15, 0.2) is 66.3 Å². The van der Waals surface area contributed by atoms with Gasteiger partial charge in [0.1, 0.15) is 22.8 Å². The second-order valence-electron chi connectivity index (χ2n) is 11.4. The summed E-state index contributed by atoms with van der Waals surface area (Å²) in [5, 5.41) is 9.87. The number of carbonyl (C=O) groups is 1. The van der Waals surface area contributed by atoms with Crippen LogP contribution >= 0.6 is 0 Å². The Morgan fingerprint density at radius 3 is 2.58 bits per heavy atom. The van der Waals surface area contributed by atoms with Crippen LogP contribution < -0.4 is 9.46 Å². The van der Waals surface area contributed by atoms with Gasteiger partial charge in [-0.25, -0.2) is 4.21 Å². The highest BCUT2D eigenvalue weighted by molar-refractivity contribution is 7.84. The number of fused-ring (bicyclic) bond motifs is 1. The highest BCUT2D eigenvalue weighted by Gasteiger charge is 2.40. The minimum Gasteiger partial charge on any atom is -0.486 e. The Bertz CT molecular complexity index is 1290. The first kappa shape index (κ1) is 26.9. The lowest BCUT2D eigenvalue weighted by Gasteiger charge is -2.40. The average molecular weight is 536 g/mol. The van der Waals surface area contributed by atoms with E-state index in [0.717, 1.165) is 24.2 Å².